The van der Waals surface area contributed by atoms with E-state index >= 15 is 0 Å². The summed E-state index contributed by atoms with van der Waals surface area (Å²) >= 11 is 6.48. The number of likely N-dealkylation sites (tertiary alicyclic amines) is 1. The van der Waals surface area contributed by atoms with Gasteiger partial charge < -0.3 is 19.1 Å². The van der Waals surface area contributed by atoms with Gasteiger partial charge in [0.15, 0.2) is 0 Å². The van der Waals surface area contributed by atoms with E-state index in [9.17, 15) is 22.8 Å². The van der Waals surface area contributed by atoms with Crippen LogP contribution in [-0.2, 0) is 29.2 Å². The molecule has 1 aliphatic carbocycles. The average molecular weight is 739 g/mol. The molecule has 7 rings (SSSR count). The molecule has 52 heavy (non-hydrogen) atoms. The van der Waals surface area contributed by atoms with Crippen molar-refractivity contribution in [2.24, 2.45) is 0 Å². The number of hydrogen-bond donors (Lipinski definition) is 0. The van der Waals surface area contributed by atoms with Gasteiger partial charge in [0.05, 0.1) is 42.2 Å². The quantitative estimate of drug-likeness (QED) is 0.175. The molecule has 274 valence electrons. The maximum absolute atomic E-state index is 14.2. The van der Waals surface area contributed by atoms with Crippen molar-refractivity contribution in [1.29, 1.82) is 0 Å². The van der Waals surface area contributed by atoms with E-state index in [4.69, 9.17) is 25.8 Å². The fourth-order valence-corrected chi connectivity index (χ4v) is 6.86. The van der Waals surface area contributed by atoms with E-state index in [-0.39, 0.29) is 36.9 Å². The van der Waals surface area contributed by atoms with Gasteiger partial charge in [-0.05, 0) is 63.8 Å². The highest BCUT2D eigenvalue weighted by atomic mass is 35.5. The Morgan fingerprint density at radius 2 is 1.75 bits per heavy atom. The molecule has 11 nitrogen and oxygen atoms in total. The first-order chi connectivity index (χ1) is 24.6. The van der Waals surface area contributed by atoms with Crippen LogP contribution in [0.5, 0.6) is 5.88 Å². The second-order valence-corrected chi connectivity index (χ2v) is 14.8. The lowest BCUT2D eigenvalue weighted by atomic mass is 9.99. The second-order valence-electron chi connectivity index (χ2n) is 14.4. The van der Waals surface area contributed by atoms with Crippen LogP contribution < -0.4 is 9.64 Å². The number of fused-ring (bicyclic) bond motifs is 3. The van der Waals surface area contributed by atoms with Crippen LogP contribution in [0.2, 0.25) is 5.15 Å². The molecule has 4 aromatic rings. The topological polar surface area (TPSA) is 120 Å². The zero-order valence-corrected chi connectivity index (χ0v) is 29.9. The first kappa shape index (κ1) is 35.8. The number of carbonyl (C=O) groups is 2. The smallest absolute Gasteiger partial charge is 0.410 e. The molecular formula is C37H38ClF3N6O5. The standard InChI is InChI=1S/C37H38ClF3N6O5/c1-20-29(9-10-31(44-20)51-24-11-12-46(30(14-24)37(39,40)41)35(49)52-36(2,3)4)47(34(48)23-15-42-33(43-16-23)22-6-7-22)17-21-5-8-25-26-18-50-19-27(26)32(38)45-28(25)13-21/h5,8-10,13,15-16,22,24,30H,6-7,11-12,14,17-19H2,1-4H3. The van der Waals surface area contributed by atoms with Gasteiger partial charge in [-0.15, -0.1) is 0 Å². The maximum Gasteiger partial charge on any atom is 0.410 e. The minimum atomic E-state index is -4.69. The van der Waals surface area contributed by atoms with Gasteiger partial charge in [-0.25, -0.2) is 24.7 Å². The summed E-state index contributed by atoms with van der Waals surface area (Å²) in [7, 11) is 0. The summed E-state index contributed by atoms with van der Waals surface area (Å²) in [4.78, 5) is 47.1. The minimum Gasteiger partial charge on any atom is -0.474 e. The molecule has 1 saturated carbocycles. The zero-order chi connectivity index (χ0) is 36.9. The largest absolute Gasteiger partial charge is 0.474 e. The molecular weight excluding hydrogens is 701 g/mol. The fraction of sp³-hybridized carbons (Fsp3) is 0.459. The number of benzene rings is 1. The lowest BCUT2D eigenvalue weighted by Gasteiger charge is -2.40. The highest BCUT2D eigenvalue weighted by Gasteiger charge is 2.50. The number of aromatic nitrogens is 4. The highest BCUT2D eigenvalue weighted by Crippen LogP contribution is 2.38. The SMILES string of the molecule is Cc1nc(OC2CCN(C(=O)OC(C)(C)C)C(C(F)(F)F)C2)ccc1N(Cc1ccc2c3c(c(Cl)nc2c1)COC3)C(=O)c1cnc(C2CC2)nc1. The fourth-order valence-electron chi connectivity index (χ4n) is 6.60. The third-order valence-corrected chi connectivity index (χ3v) is 9.64. The summed E-state index contributed by atoms with van der Waals surface area (Å²) in [6.45, 7) is 7.27. The van der Waals surface area contributed by atoms with Crippen molar-refractivity contribution >= 4 is 40.2 Å². The van der Waals surface area contributed by atoms with Crippen molar-refractivity contribution in [2.75, 3.05) is 11.4 Å². The number of nitrogens with zero attached hydrogens (tertiary/aromatic N) is 6. The molecule has 3 aromatic heterocycles. The van der Waals surface area contributed by atoms with Gasteiger partial charge in [0.1, 0.15) is 28.7 Å². The summed E-state index contributed by atoms with van der Waals surface area (Å²) in [5.74, 6) is 0.764. The molecule has 2 amide bonds. The number of ether oxygens (including phenoxy) is 3. The van der Waals surface area contributed by atoms with Crippen LogP contribution >= 0.6 is 11.6 Å². The van der Waals surface area contributed by atoms with Gasteiger partial charge in [-0.3, -0.25) is 9.69 Å². The third kappa shape index (κ3) is 7.63. The molecule has 0 N–H and O–H groups in total. The molecule has 15 heteroatoms. The third-order valence-electron chi connectivity index (χ3n) is 9.33. The van der Waals surface area contributed by atoms with Crippen LogP contribution in [0.4, 0.5) is 23.7 Å². The van der Waals surface area contributed by atoms with Crippen LogP contribution in [-0.4, -0.2) is 67.3 Å². The van der Waals surface area contributed by atoms with E-state index in [0.717, 1.165) is 34.9 Å². The molecule has 2 atom stereocenters. The van der Waals surface area contributed by atoms with Gasteiger partial charge in [-0.1, -0.05) is 23.7 Å². The number of hydrogen-bond acceptors (Lipinski definition) is 9. The Labute approximate surface area is 303 Å². The monoisotopic (exact) mass is 738 g/mol. The Hall–Kier alpha value is -4.56. The number of piperidine rings is 1. The van der Waals surface area contributed by atoms with E-state index < -0.39 is 36.4 Å². The summed E-state index contributed by atoms with van der Waals surface area (Å²) in [6.07, 6.45) is -1.82. The lowest BCUT2D eigenvalue weighted by molar-refractivity contribution is -0.194. The van der Waals surface area contributed by atoms with Gasteiger partial charge in [0, 0.05) is 54.7 Å². The molecule has 1 aromatic carbocycles. The second kappa shape index (κ2) is 13.8. The molecule has 5 heterocycles. The van der Waals surface area contributed by atoms with Crippen molar-refractivity contribution in [3.63, 3.8) is 0 Å². The van der Waals surface area contributed by atoms with Crippen molar-refractivity contribution in [2.45, 2.75) is 103 Å². The van der Waals surface area contributed by atoms with E-state index in [1.54, 1.807) is 38.7 Å². The van der Waals surface area contributed by atoms with Crippen molar-refractivity contribution in [3.05, 3.63) is 81.7 Å². The van der Waals surface area contributed by atoms with E-state index in [1.165, 1.54) is 18.5 Å². The van der Waals surface area contributed by atoms with Gasteiger partial charge in [0.2, 0.25) is 5.88 Å². The zero-order valence-electron chi connectivity index (χ0n) is 29.2. The predicted molar refractivity (Wildman–Crippen MR) is 185 cm³/mol. The van der Waals surface area contributed by atoms with Crippen molar-refractivity contribution in [1.82, 2.24) is 24.8 Å². The van der Waals surface area contributed by atoms with E-state index in [0.29, 0.717) is 51.9 Å². The molecule has 1 saturated heterocycles. The first-order valence-corrected chi connectivity index (χ1v) is 17.5. The molecule has 2 unspecified atom stereocenters. The lowest BCUT2D eigenvalue weighted by Crippen LogP contribution is -2.56. The maximum atomic E-state index is 14.2. The summed E-state index contributed by atoms with van der Waals surface area (Å²) < 4.78 is 59.3. The Balaban J connectivity index is 1.15. The summed E-state index contributed by atoms with van der Waals surface area (Å²) in [5, 5.41) is 1.30. The molecule has 2 fully saturated rings. The van der Waals surface area contributed by atoms with E-state index in [1.807, 2.05) is 18.2 Å². The predicted octanol–water partition coefficient (Wildman–Crippen LogP) is 7.85. The van der Waals surface area contributed by atoms with Gasteiger partial charge in [-0.2, -0.15) is 13.2 Å². The number of halogens is 4. The van der Waals surface area contributed by atoms with Crippen LogP contribution in [0.3, 0.4) is 0 Å². The Kier molecular flexibility index (Phi) is 9.49. The number of amides is 2. The van der Waals surface area contributed by atoms with E-state index in [2.05, 4.69) is 19.9 Å². The van der Waals surface area contributed by atoms with Crippen LogP contribution in [0.25, 0.3) is 10.9 Å². The summed E-state index contributed by atoms with van der Waals surface area (Å²) in [5.41, 5.74) is 3.53. The number of aryl methyl sites for hydroxylation is 1. The molecule has 0 bridgehead atoms. The Morgan fingerprint density at radius 1 is 1.02 bits per heavy atom. The number of alkyl halides is 3. The Morgan fingerprint density at radius 3 is 2.42 bits per heavy atom. The van der Waals surface area contributed by atoms with Crippen LogP contribution in [0.1, 0.15) is 90.9 Å². The van der Waals surface area contributed by atoms with Crippen LogP contribution in [0.15, 0.2) is 42.7 Å². The Bertz CT molecular complexity index is 2020. The molecule has 3 aliphatic rings. The molecule has 0 radical (unpaired) electrons. The van der Waals surface area contributed by atoms with Gasteiger partial charge >= 0.3 is 12.3 Å². The minimum absolute atomic E-state index is 0.100. The summed E-state index contributed by atoms with van der Waals surface area (Å²) in [6, 6.07) is 6.86. The molecule has 2 aliphatic heterocycles. The van der Waals surface area contributed by atoms with Gasteiger partial charge in [0.25, 0.3) is 5.91 Å². The average Bonchev–Trinajstić information content (AvgIpc) is 3.81. The highest BCUT2D eigenvalue weighted by molar-refractivity contribution is 6.30. The van der Waals surface area contributed by atoms with Crippen molar-refractivity contribution in [3.8, 4) is 5.88 Å². The number of carbonyl (C=O) groups excluding carboxylic acids is 2. The number of anilines is 1. The normalized spacial score (nSPS) is 19.0. The first-order valence-electron chi connectivity index (χ1n) is 17.2. The van der Waals surface area contributed by atoms with Crippen LogP contribution in [0, 0.1) is 6.92 Å². The number of pyridine rings is 2. The molecule has 0 spiro atoms. The number of rotatable bonds is 7. The van der Waals surface area contributed by atoms with Crippen molar-refractivity contribution < 1.29 is 37.0 Å².